The summed E-state index contributed by atoms with van der Waals surface area (Å²) in [7, 11) is 2.13. The van der Waals surface area contributed by atoms with Crippen molar-refractivity contribution in [3.05, 3.63) is 35.6 Å². The van der Waals surface area contributed by atoms with E-state index in [4.69, 9.17) is 4.52 Å². The molecule has 0 aliphatic carbocycles. The lowest BCUT2D eigenvalue weighted by molar-refractivity contribution is 0.238. The Morgan fingerprint density at radius 2 is 1.96 bits per heavy atom. The van der Waals surface area contributed by atoms with Gasteiger partial charge in [0.1, 0.15) is 5.82 Å². The summed E-state index contributed by atoms with van der Waals surface area (Å²) >= 11 is 0. The van der Waals surface area contributed by atoms with Crippen LogP contribution in [0.3, 0.4) is 0 Å². The van der Waals surface area contributed by atoms with E-state index in [1.165, 1.54) is 0 Å². The van der Waals surface area contributed by atoms with Gasteiger partial charge in [0.25, 0.3) is 0 Å². The Kier molecular flexibility index (Phi) is 5.44. The van der Waals surface area contributed by atoms with Crippen molar-refractivity contribution in [3.8, 4) is 0 Å². The molecule has 0 spiro atoms. The van der Waals surface area contributed by atoms with Crippen molar-refractivity contribution in [2.24, 2.45) is 0 Å². The average Bonchev–Trinajstić information content (AvgIpc) is 3.05. The SMILES string of the molecule is Cc1noc(CNC(=O)NCc2ccc(N3CCN(C)CC3)nc2)n1. The molecule has 0 bridgehead atoms. The van der Waals surface area contributed by atoms with Gasteiger partial charge in [-0.1, -0.05) is 11.2 Å². The first kappa shape index (κ1) is 17.2. The fraction of sp³-hybridized carbons (Fsp3) is 0.500. The molecule has 0 saturated carbocycles. The van der Waals surface area contributed by atoms with Gasteiger partial charge in [-0.05, 0) is 25.6 Å². The second-order valence-electron chi connectivity index (χ2n) is 6.09. The number of amides is 2. The van der Waals surface area contributed by atoms with E-state index < -0.39 is 0 Å². The zero-order chi connectivity index (χ0) is 17.6. The molecular formula is C16H23N7O2. The lowest BCUT2D eigenvalue weighted by atomic mass is 10.2. The first-order valence-electron chi connectivity index (χ1n) is 8.29. The van der Waals surface area contributed by atoms with Crippen LogP contribution < -0.4 is 15.5 Å². The largest absolute Gasteiger partial charge is 0.354 e. The van der Waals surface area contributed by atoms with Gasteiger partial charge in [-0.3, -0.25) is 0 Å². The lowest BCUT2D eigenvalue weighted by Crippen LogP contribution is -2.44. The first-order chi connectivity index (χ1) is 12.1. The minimum absolute atomic E-state index is 0.202. The number of aromatic nitrogens is 3. The van der Waals surface area contributed by atoms with Crippen molar-refractivity contribution in [3.63, 3.8) is 0 Å². The fourth-order valence-electron chi connectivity index (χ4n) is 2.56. The number of nitrogens with zero attached hydrogens (tertiary/aromatic N) is 5. The third-order valence-corrected chi connectivity index (χ3v) is 4.06. The highest BCUT2D eigenvalue weighted by Gasteiger charge is 2.15. The third-order valence-electron chi connectivity index (χ3n) is 4.06. The van der Waals surface area contributed by atoms with Crippen LogP contribution >= 0.6 is 0 Å². The number of carbonyl (C=O) groups is 1. The highest BCUT2D eigenvalue weighted by Crippen LogP contribution is 2.13. The molecule has 1 saturated heterocycles. The van der Waals surface area contributed by atoms with Crippen molar-refractivity contribution in [2.45, 2.75) is 20.0 Å². The van der Waals surface area contributed by atoms with Crippen molar-refractivity contribution in [1.29, 1.82) is 0 Å². The molecule has 9 nitrogen and oxygen atoms in total. The third kappa shape index (κ3) is 4.90. The fourth-order valence-corrected chi connectivity index (χ4v) is 2.56. The van der Waals surface area contributed by atoms with Gasteiger partial charge in [0.2, 0.25) is 5.89 Å². The minimum atomic E-state index is -0.293. The van der Waals surface area contributed by atoms with E-state index in [1.54, 1.807) is 13.1 Å². The summed E-state index contributed by atoms with van der Waals surface area (Å²) in [6.45, 7) is 6.40. The molecule has 25 heavy (non-hydrogen) atoms. The molecule has 134 valence electrons. The van der Waals surface area contributed by atoms with E-state index in [0.29, 0.717) is 18.3 Å². The van der Waals surface area contributed by atoms with Crippen molar-refractivity contribution in [2.75, 3.05) is 38.1 Å². The second kappa shape index (κ2) is 7.93. The minimum Gasteiger partial charge on any atom is -0.354 e. The maximum absolute atomic E-state index is 11.8. The molecule has 0 aromatic carbocycles. The van der Waals surface area contributed by atoms with E-state index >= 15 is 0 Å². The van der Waals surface area contributed by atoms with Crippen LogP contribution in [-0.2, 0) is 13.1 Å². The average molecular weight is 345 g/mol. The molecule has 3 heterocycles. The van der Waals surface area contributed by atoms with E-state index in [1.807, 2.05) is 12.1 Å². The Balaban J connectivity index is 1.42. The van der Waals surface area contributed by atoms with Crippen LogP contribution in [0.2, 0.25) is 0 Å². The van der Waals surface area contributed by atoms with Crippen LogP contribution in [0.1, 0.15) is 17.3 Å². The van der Waals surface area contributed by atoms with Crippen molar-refractivity contribution >= 4 is 11.8 Å². The van der Waals surface area contributed by atoms with Gasteiger partial charge in [-0.25, -0.2) is 9.78 Å². The van der Waals surface area contributed by atoms with Gasteiger partial charge in [-0.2, -0.15) is 4.98 Å². The summed E-state index contributed by atoms with van der Waals surface area (Å²) in [5.74, 6) is 1.91. The molecular weight excluding hydrogens is 322 g/mol. The number of carbonyl (C=O) groups excluding carboxylic acids is 1. The van der Waals surface area contributed by atoms with Gasteiger partial charge in [-0.15, -0.1) is 0 Å². The number of anilines is 1. The topological polar surface area (TPSA) is 99.4 Å². The Morgan fingerprint density at radius 1 is 1.20 bits per heavy atom. The Hall–Kier alpha value is -2.68. The first-order valence-corrected chi connectivity index (χ1v) is 8.29. The van der Waals surface area contributed by atoms with Crippen LogP contribution in [0.15, 0.2) is 22.9 Å². The second-order valence-corrected chi connectivity index (χ2v) is 6.09. The number of likely N-dealkylation sites (N-methyl/N-ethyl adjacent to an activating group) is 1. The van der Waals surface area contributed by atoms with Gasteiger partial charge in [0.15, 0.2) is 5.82 Å². The van der Waals surface area contributed by atoms with Crippen molar-refractivity contribution in [1.82, 2.24) is 30.7 Å². The van der Waals surface area contributed by atoms with Gasteiger partial charge in [0, 0.05) is 38.9 Å². The standard InChI is InChI=1S/C16H23N7O2/c1-12-20-15(25-21-12)11-19-16(24)18-10-13-3-4-14(17-9-13)23-7-5-22(2)6-8-23/h3-4,9H,5-8,10-11H2,1-2H3,(H2,18,19,24). The molecule has 1 aliphatic rings. The summed E-state index contributed by atoms with van der Waals surface area (Å²) in [6, 6.07) is 3.70. The molecule has 0 atom stereocenters. The molecule has 2 N–H and O–H groups in total. The molecule has 2 amide bonds. The summed E-state index contributed by atoms with van der Waals surface area (Å²) in [4.78, 5) is 24.9. The van der Waals surface area contributed by atoms with Crippen LogP contribution in [0, 0.1) is 6.92 Å². The highest BCUT2D eigenvalue weighted by atomic mass is 16.5. The van der Waals surface area contributed by atoms with Crippen LogP contribution in [0.4, 0.5) is 10.6 Å². The number of piperazine rings is 1. The van der Waals surface area contributed by atoms with Gasteiger partial charge >= 0.3 is 6.03 Å². The Morgan fingerprint density at radius 3 is 2.60 bits per heavy atom. The van der Waals surface area contributed by atoms with E-state index in [-0.39, 0.29) is 12.6 Å². The number of hydrogen-bond donors (Lipinski definition) is 2. The number of nitrogens with one attached hydrogen (secondary N) is 2. The van der Waals surface area contributed by atoms with Crippen molar-refractivity contribution < 1.29 is 9.32 Å². The van der Waals surface area contributed by atoms with Gasteiger partial charge in [0.05, 0.1) is 6.54 Å². The quantitative estimate of drug-likeness (QED) is 0.815. The number of pyridine rings is 1. The Labute approximate surface area is 146 Å². The smallest absolute Gasteiger partial charge is 0.315 e. The van der Waals surface area contributed by atoms with E-state index in [0.717, 1.165) is 37.6 Å². The highest BCUT2D eigenvalue weighted by molar-refractivity contribution is 5.73. The molecule has 2 aromatic rings. The summed E-state index contributed by atoms with van der Waals surface area (Å²) in [6.07, 6.45) is 1.80. The maximum Gasteiger partial charge on any atom is 0.315 e. The van der Waals surface area contributed by atoms with Crippen LogP contribution in [0.5, 0.6) is 0 Å². The lowest BCUT2D eigenvalue weighted by Gasteiger charge is -2.33. The number of urea groups is 1. The molecule has 9 heteroatoms. The summed E-state index contributed by atoms with van der Waals surface area (Å²) in [5.41, 5.74) is 0.946. The number of aryl methyl sites for hydroxylation is 1. The molecule has 1 aliphatic heterocycles. The normalized spacial score (nSPS) is 15.2. The van der Waals surface area contributed by atoms with Gasteiger partial charge < -0.3 is 25.0 Å². The van der Waals surface area contributed by atoms with Crippen LogP contribution in [0.25, 0.3) is 0 Å². The summed E-state index contributed by atoms with van der Waals surface area (Å²) in [5, 5.41) is 9.12. The summed E-state index contributed by atoms with van der Waals surface area (Å²) < 4.78 is 4.93. The van der Waals surface area contributed by atoms with E-state index in [9.17, 15) is 4.79 Å². The molecule has 0 radical (unpaired) electrons. The predicted molar refractivity (Wildman–Crippen MR) is 92.1 cm³/mol. The van der Waals surface area contributed by atoms with E-state index in [2.05, 4.69) is 42.6 Å². The maximum atomic E-state index is 11.8. The van der Waals surface area contributed by atoms with Crippen LogP contribution in [-0.4, -0.2) is 59.3 Å². The number of rotatable bonds is 5. The molecule has 3 rings (SSSR count). The zero-order valence-electron chi connectivity index (χ0n) is 14.5. The Bertz CT molecular complexity index is 693. The predicted octanol–water partition coefficient (Wildman–Crippen LogP) is 0.524. The monoisotopic (exact) mass is 345 g/mol. The molecule has 2 aromatic heterocycles. The zero-order valence-corrected chi connectivity index (χ0v) is 14.5. The molecule has 1 fully saturated rings. The number of hydrogen-bond acceptors (Lipinski definition) is 7. The molecule has 0 unspecified atom stereocenters.